The van der Waals surface area contributed by atoms with Crippen molar-refractivity contribution in [3.05, 3.63) is 91.9 Å². The zero-order valence-corrected chi connectivity index (χ0v) is 23.1. The molecular formula is C27H24IN7O3. The number of nitrogens with one attached hydrogen (secondary N) is 1. The van der Waals surface area contributed by atoms with Gasteiger partial charge < -0.3 is 15.6 Å². The number of hydrogen-bond donors (Lipinski definition) is 2. The van der Waals surface area contributed by atoms with Gasteiger partial charge in [0.25, 0.3) is 5.91 Å². The van der Waals surface area contributed by atoms with Crippen LogP contribution < -0.4 is 16.7 Å². The number of halogens is 1. The number of nitrogens with two attached hydrogens (primary N) is 1. The molecule has 2 aromatic carbocycles. The minimum absolute atomic E-state index is 0.212. The third kappa shape index (κ3) is 4.38. The minimum atomic E-state index is -0.565. The van der Waals surface area contributed by atoms with Crippen LogP contribution in [0.2, 0.25) is 0 Å². The van der Waals surface area contributed by atoms with E-state index in [-0.39, 0.29) is 11.4 Å². The lowest BCUT2D eigenvalue weighted by Gasteiger charge is -2.12. The molecule has 0 fully saturated rings. The van der Waals surface area contributed by atoms with Gasteiger partial charge in [0.05, 0.1) is 16.8 Å². The van der Waals surface area contributed by atoms with Crippen LogP contribution >= 0.6 is 22.6 Å². The first-order chi connectivity index (χ1) is 18.2. The molecule has 38 heavy (non-hydrogen) atoms. The molecule has 3 heterocycles. The molecule has 5 aromatic rings. The van der Waals surface area contributed by atoms with E-state index in [1.54, 1.807) is 42.9 Å². The molecule has 0 spiro atoms. The number of anilines is 1. The molecule has 0 aliphatic rings. The Morgan fingerprint density at radius 3 is 2.45 bits per heavy atom. The number of hydrogen-bond acceptors (Lipinski definition) is 5. The lowest BCUT2D eigenvalue weighted by Crippen LogP contribution is -2.21. The number of rotatable bonds is 6. The molecule has 0 aliphatic carbocycles. The average molecular weight is 621 g/mol. The summed E-state index contributed by atoms with van der Waals surface area (Å²) in [7, 11) is 1.62. The first-order valence-corrected chi connectivity index (χ1v) is 12.9. The highest BCUT2D eigenvalue weighted by atomic mass is 127. The molecule has 0 aliphatic heterocycles. The number of fused-ring (bicyclic) bond motifs is 1. The summed E-state index contributed by atoms with van der Waals surface area (Å²) in [5.74, 6) is -0.358. The maximum atomic E-state index is 13.3. The second-order valence-corrected chi connectivity index (χ2v) is 9.88. The number of amides is 2. The van der Waals surface area contributed by atoms with Crippen LogP contribution in [0.15, 0.2) is 65.6 Å². The third-order valence-corrected chi connectivity index (χ3v) is 7.28. The van der Waals surface area contributed by atoms with Crippen molar-refractivity contribution in [3.63, 3.8) is 0 Å². The normalized spacial score (nSPS) is 11.2. The van der Waals surface area contributed by atoms with Gasteiger partial charge in [-0.3, -0.25) is 9.59 Å². The Hall–Kier alpha value is -4.26. The summed E-state index contributed by atoms with van der Waals surface area (Å²) in [5.41, 5.74) is 9.57. The summed E-state index contributed by atoms with van der Waals surface area (Å²) in [6, 6.07) is 16.5. The van der Waals surface area contributed by atoms with Gasteiger partial charge in [-0.05, 0) is 84.5 Å². The van der Waals surface area contributed by atoms with Gasteiger partial charge in [0.2, 0.25) is 5.91 Å². The lowest BCUT2D eigenvalue weighted by atomic mass is 10.1. The molecule has 11 heteroatoms. The predicted octanol–water partition coefficient (Wildman–Crippen LogP) is 3.87. The van der Waals surface area contributed by atoms with Crippen molar-refractivity contribution < 1.29 is 9.59 Å². The Bertz CT molecular complexity index is 1780. The van der Waals surface area contributed by atoms with E-state index in [1.165, 1.54) is 4.68 Å². The predicted molar refractivity (Wildman–Crippen MR) is 154 cm³/mol. The van der Waals surface area contributed by atoms with Crippen molar-refractivity contribution in [1.82, 2.24) is 23.9 Å². The van der Waals surface area contributed by atoms with Gasteiger partial charge in [-0.25, -0.2) is 19.0 Å². The fourth-order valence-corrected chi connectivity index (χ4v) is 5.20. The van der Waals surface area contributed by atoms with Crippen LogP contribution in [0, 0.1) is 10.5 Å². The van der Waals surface area contributed by atoms with Gasteiger partial charge >= 0.3 is 5.69 Å². The summed E-state index contributed by atoms with van der Waals surface area (Å²) in [6.45, 7) is 4.39. The first-order valence-electron chi connectivity index (χ1n) is 11.8. The van der Waals surface area contributed by atoms with Crippen LogP contribution in [-0.4, -0.2) is 35.7 Å². The molecule has 0 saturated carbocycles. The average Bonchev–Trinajstić information content (AvgIpc) is 3.40. The number of pyridine rings is 1. The molecule has 3 N–H and O–H groups in total. The highest BCUT2D eigenvalue weighted by Crippen LogP contribution is 2.31. The number of carbonyl (C=O) groups excluding carboxylic acids is 2. The number of nitrogens with zero attached hydrogens (tertiary/aromatic N) is 5. The lowest BCUT2D eigenvalue weighted by molar-refractivity contribution is 0.0995. The van der Waals surface area contributed by atoms with E-state index < -0.39 is 11.8 Å². The summed E-state index contributed by atoms with van der Waals surface area (Å²) < 4.78 is 5.60. The third-order valence-electron chi connectivity index (χ3n) is 6.34. The van der Waals surface area contributed by atoms with Crippen LogP contribution in [0.4, 0.5) is 5.69 Å². The Kier molecular flexibility index (Phi) is 6.61. The van der Waals surface area contributed by atoms with Gasteiger partial charge in [0.15, 0.2) is 5.69 Å². The second kappa shape index (κ2) is 9.89. The Morgan fingerprint density at radius 2 is 1.82 bits per heavy atom. The zero-order valence-electron chi connectivity index (χ0n) is 20.9. The van der Waals surface area contributed by atoms with E-state index in [4.69, 9.17) is 5.73 Å². The molecule has 192 valence electrons. The molecule has 3 aromatic heterocycles. The van der Waals surface area contributed by atoms with Crippen LogP contribution in [0.3, 0.4) is 0 Å². The molecule has 0 bridgehead atoms. The number of aromatic nitrogens is 5. The quantitative estimate of drug-likeness (QED) is 0.278. The van der Waals surface area contributed by atoms with E-state index in [9.17, 15) is 14.4 Å². The molecule has 0 atom stereocenters. The van der Waals surface area contributed by atoms with Gasteiger partial charge in [0, 0.05) is 40.1 Å². The molecule has 10 nitrogen and oxygen atoms in total. The van der Waals surface area contributed by atoms with Crippen LogP contribution in [0.5, 0.6) is 0 Å². The van der Waals surface area contributed by atoms with E-state index in [2.05, 4.69) is 15.4 Å². The zero-order chi connectivity index (χ0) is 27.1. The Labute approximate surface area is 231 Å². The van der Waals surface area contributed by atoms with Crippen molar-refractivity contribution in [3.8, 4) is 16.9 Å². The van der Waals surface area contributed by atoms with Crippen molar-refractivity contribution in [2.24, 2.45) is 12.8 Å². The SMILES string of the molecule is CCn1c(-c2ccc(-n3c(C)nn(C)c3=O)cc2)cc2ccnc(C(=O)Nc3ccc(I)c(C(N)=O)c3)c21. The molecule has 2 amide bonds. The summed E-state index contributed by atoms with van der Waals surface area (Å²) in [5, 5.41) is 7.90. The maximum absolute atomic E-state index is 13.3. The van der Waals surface area contributed by atoms with Crippen molar-refractivity contribution in [2.75, 3.05) is 5.32 Å². The van der Waals surface area contributed by atoms with E-state index in [0.717, 1.165) is 22.3 Å². The Morgan fingerprint density at radius 1 is 1.08 bits per heavy atom. The van der Waals surface area contributed by atoms with Crippen molar-refractivity contribution in [1.29, 1.82) is 0 Å². The largest absolute Gasteiger partial charge is 0.366 e. The van der Waals surface area contributed by atoms with Crippen LogP contribution in [-0.2, 0) is 13.6 Å². The second-order valence-electron chi connectivity index (χ2n) is 8.72. The smallest absolute Gasteiger partial charge is 0.350 e. The van der Waals surface area contributed by atoms with E-state index in [1.807, 2.05) is 70.5 Å². The van der Waals surface area contributed by atoms with E-state index in [0.29, 0.717) is 32.7 Å². The molecule has 0 saturated heterocycles. The van der Waals surface area contributed by atoms with Gasteiger partial charge in [-0.1, -0.05) is 12.1 Å². The number of primary amides is 1. The van der Waals surface area contributed by atoms with Gasteiger partial charge in [0.1, 0.15) is 5.82 Å². The van der Waals surface area contributed by atoms with Gasteiger partial charge in [-0.2, -0.15) is 5.10 Å². The Balaban J connectivity index is 1.53. The number of carbonyl (C=O) groups is 2. The van der Waals surface area contributed by atoms with Crippen LogP contribution in [0.1, 0.15) is 33.6 Å². The number of benzene rings is 2. The molecular weight excluding hydrogens is 597 g/mol. The summed E-state index contributed by atoms with van der Waals surface area (Å²) in [4.78, 5) is 41.9. The fraction of sp³-hybridized carbons (Fsp3) is 0.148. The molecule has 0 radical (unpaired) electrons. The maximum Gasteiger partial charge on any atom is 0.350 e. The molecule has 5 rings (SSSR count). The standard InChI is InChI=1S/C27H24IN7O3/c1-4-34-22(16-5-8-19(9-6-16)35-15(2)32-33(3)27(35)38)13-17-11-12-30-23(24(17)34)26(37)31-18-7-10-21(28)20(14-18)25(29)36/h5-14H,4H2,1-3H3,(H2,29,36)(H,31,37). The van der Waals surface area contributed by atoms with Crippen molar-refractivity contribution in [2.45, 2.75) is 20.4 Å². The highest BCUT2D eigenvalue weighted by molar-refractivity contribution is 14.1. The minimum Gasteiger partial charge on any atom is -0.366 e. The van der Waals surface area contributed by atoms with E-state index >= 15 is 0 Å². The monoisotopic (exact) mass is 621 g/mol. The van der Waals surface area contributed by atoms with Crippen LogP contribution in [0.25, 0.3) is 27.8 Å². The molecule has 0 unspecified atom stereocenters. The topological polar surface area (TPSA) is 130 Å². The number of aryl methyl sites for hydroxylation is 3. The summed E-state index contributed by atoms with van der Waals surface area (Å²) in [6.07, 6.45) is 1.60. The summed E-state index contributed by atoms with van der Waals surface area (Å²) >= 11 is 2.03. The van der Waals surface area contributed by atoms with Gasteiger partial charge in [-0.15, -0.1) is 0 Å². The first kappa shape index (κ1) is 25.4. The highest BCUT2D eigenvalue weighted by Gasteiger charge is 2.20. The van der Waals surface area contributed by atoms with Crippen molar-refractivity contribution >= 4 is 51.0 Å². The fourth-order valence-electron chi connectivity index (χ4n) is 4.60.